The van der Waals surface area contributed by atoms with E-state index in [0.717, 1.165) is 36.5 Å². The van der Waals surface area contributed by atoms with Crippen molar-refractivity contribution in [1.82, 2.24) is 10.6 Å². The molecule has 1 saturated heterocycles. The van der Waals surface area contributed by atoms with Crippen LogP contribution in [0.2, 0.25) is 5.02 Å². The normalized spacial score (nSPS) is 19.6. The lowest BCUT2D eigenvalue weighted by atomic mass is 9.84. The first kappa shape index (κ1) is 15.3. The molecule has 1 aromatic carbocycles. The zero-order chi connectivity index (χ0) is 14.6. The summed E-state index contributed by atoms with van der Waals surface area (Å²) in [6.07, 6.45) is 2.06. The highest BCUT2D eigenvalue weighted by Gasteiger charge is 2.25. The highest BCUT2D eigenvalue weighted by Crippen LogP contribution is 2.25. The van der Waals surface area contributed by atoms with Crippen LogP contribution in [0.1, 0.15) is 32.3 Å². The maximum Gasteiger partial charge on any atom is 0.224 e. The first-order valence-electron chi connectivity index (χ1n) is 7.23. The van der Waals surface area contributed by atoms with E-state index in [4.69, 9.17) is 11.6 Å². The molecule has 1 aliphatic heterocycles. The first-order valence-corrected chi connectivity index (χ1v) is 7.61. The molecule has 0 saturated carbocycles. The highest BCUT2D eigenvalue weighted by molar-refractivity contribution is 6.30. The van der Waals surface area contributed by atoms with Crippen LogP contribution in [-0.2, 0) is 10.2 Å². The SMILES string of the molecule is CC(C)(CNC(=O)C1CCCNC1)c1cccc(Cl)c1. The van der Waals surface area contributed by atoms with Crippen LogP contribution in [0.15, 0.2) is 24.3 Å². The molecule has 1 aliphatic rings. The summed E-state index contributed by atoms with van der Waals surface area (Å²) in [5, 5.41) is 7.10. The Balaban J connectivity index is 1.93. The van der Waals surface area contributed by atoms with Gasteiger partial charge in [0.2, 0.25) is 5.91 Å². The zero-order valence-electron chi connectivity index (χ0n) is 12.2. The fourth-order valence-corrected chi connectivity index (χ4v) is 2.73. The van der Waals surface area contributed by atoms with Crippen LogP contribution in [0.3, 0.4) is 0 Å². The van der Waals surface area contributed by atoms with E-state index < -0.39 is 0 Å². The van der Waals surface area contributed by atoms with Crippen molar-refractivity contribution in [1.29, 1.82) is 0 Å². The van der Waals surface area contributed by atoms with Crippen LogP contribution in [-0.4, -0.2) is 25.5 Å². The summed E-state index contributed by atoms with van der Waals surface area (Å²) in [6, 6.07) is 7.84. The number of carbonyl (C=O) groups is 1. The molecule has 0 spiro atoms. The quantitative estimate of drug-likeness (QED) is 0.896. The molecule has 4 heteroatoms. The fourth-order valence-electron chi connectivity index (χ4n) is 2.54. The van der Waals surface area contributed by atoms with E-state index >= 15 is 0 Å². The maximum absolute atomic E-state index is 12.2. The lowest BCUT2D eigenvalue weighted by Crippen LogP contribution is -2.44. The third kappa shape index (κ3) is 3.97. The number of hydrogen-bond acceptors (Lipinski definition) is 2. The number of rotatable bonds is 4. The minimum Gasteiger partial charge on any atom is -0.355 e. The van der Waals surface area contributed by atoms with Crippen LogP contribution in [0.4, 0.5) is 0 Å². The molecule has 0 aliphatic carbocycles. The largest absolute Gasteiger partial charge is 0.355 e. The summed E-state index contributed by atoms with van der Waals surface area (Å²) in [5.41, 5.74) is 1.02. The summed E-state index contributed by atoms with van der Waals surface area (Å²) < 4.78 is 0. The van der Waals surface area contributed by atoms with Gasteiger partial charge in [0.1, 0.15) is 0 Å². The third-order valence-corrected chi connectivity index (χ3v) is 4.21. The molecule has 110 valence electrons. The predicted octanol–water partition coefficient (Wildman–Crippen LogP) is 2.73. The molecule has 1 aromatic rings. The van der Waals surface area contributed by atoms with Gasteiger partial charge in [0.25, 0.3) is 0 Å². The van der Waals surface area contributed by atoms with Crippen molar-refractivity contribution in [2.45, 2.75) is 32.1 Å². The van der Waals surface area contributed by atoms with Crippen molar-refractivity contribution in [2.24, 2.45) is 5.92 Å². The van der Waals surface area contributed by atoms with E-state index in [1.807, 2.05) is 18.2 Å². The monoisotopic (exact) mass is 294 g/mol. The van der Waals surface area contributed by atoms with Gasteiger partial charge in [-0.3, -0.25) is 4.79 Å². The highest BCUT2D eigenvalue weighted by atomic mass is 35.5. The minimum atomic E-state index is -0.122. The molecule has 20 heavy (non-hydrogen) atoms. The van der Waals surface area contributed by atoms with Crippen molar-refractivity contribution >= 4 is 17.5 Å². The van der Waals surface area contributed by atoms with Crippen molar-refractivity contribution in [3.63, 3.8) is 0 Å². The maximum atomic E-state index is 12.2. The molecule has 1 amide bonds. The number of hydrogen-bond donors (Lipinski definition) is 2. The van der Waals surface area contributed by atoms with Gasteiger partial charge in [-0.05, 0) is 37.1 Å². The number of nitrogens with one attached hydrogen (secondary N) is 2. The molecule has 0 bridgehead atoms. The number of halogens is 1. The molecule has 1 atom stereocenters. The van der Waals surface area contributed by atoms with Gasteiger partial charge < -0.3 is 10.6 Å². The third-order valence-electron chi connectivity index (χ3n) is 3.98. The summed E-state index contributed by atoms with van der Waals surface area (Å²) >= 11 is 6.04. The van der Waals surface area contributed by atoms with Crippen LogP contribution in [0.5, 0.6) is 0 Å². The second-order valence-electron chi connectivity index (χ2n) is 6.16. The Bertz CT molecular complexity index is 467. The average molecular weight is 295 g/mol. The van der Waals surface area contributed by atoms with Crippen LogP contribution < -0.4 is 10.6 Å². The smallest absolute Gasteiger partial charge is 0.224 e. The molecule has 2 rings (SSSR count). The van der Waals surface area contributed by atoms with Gasteiger partial charge in [-0.2, -0.15) is 0 Å². The van der Waals surface area contributed by atoms with Gasteiger partial charge in [-0.25, -0.2) is 0 Å². The average Bonchev–Trinajstić information content (AvgIpc) is 2.46. The molecule has 0 radical (unpaired) electrons. The van der Waals surface area contributed by atoms with Gasteiger partial charge in [0.05, 0.1) is 5.92 Å². The Labute approximate surface area is 126 Å². The molecule has 1 unspecified atom stereocenters. The van der Waals surface area contributed by atoms with E-state index in [2.05, 4.69) is 30.5 Å². The fraction of sp³-hybridized carbons (Fsp3) is 0.562. The second-order valence-corrected chi connectivity index (χ2v) is 6.59. The Morgan fingerprint density at radius 2 is 2.30 bits per heavy atom. The Morgan fingerprint density at radius 3 is 2.95 bits per heavy atom. The van der Waals surface area contributed by atoms with Gasteiger partial charge >= 0.3 is 0 Å². The molecular weight excluding hydrogens is 272 g/mol. The second kappa shape index (κ2) is 6.59. The van der Waals surface area contributed by atoms with Gasteiger partial charge in [-0.15, -0.1) is 0 Å². The van der Waals surface area contributed by atoms with Crippen molar-refractivity contribution < 1.29 is 4.79 Å². The van der Waals surface area contributed by atoms with E-state index in [-0.39, 0.29) is 17.2 Å². The van der Waals surface area contributed by atoms with Crippen LogP contribution in [0.25, 0.3) is 0 Å². The molecule has 1 heterocycles. The Kier molecular flexibility index (Phi) is 5.06. The van der Waals surface area contributed by atoms with Crippen molar-refractivity contribution in [3.8, 4) is 0 Å². The van der Waals surface area contributed by atoms with Crippen LogP contribution >= 0.6 is 11.6 Å². The van der Waals surface area contributed by atoms with E-state index in [1.165, 1.54) is 0 Å². The number of carbonyl (C=O) groups excluding carboxylic acids is 1. The minimum absolute atomic E-state index is 0.110. The molecular formula is C16H23ClN2O. The van der Waals surface area contributed by atoms with Gasteiger partial charge in [0, 0.05) is 23.5 Å². The standard InChI is InChI=1S/C16H23ClN2O/c1-16(2,13-6-3-7-14(17)9-13)11-19-15(20)12-5-4-8-18-10-12/h3,6-7,9,12,18H,4-5,8,10-11H2,1-2H3,(H,19,20). The molecule has 2 N–H and O–H groups in total. The number of benzene rings is 1. The van der Waals surface area contributed by atoms with Gasteiger partial charge in [0.15, 0.2) is 0 Å². The molecule has 0 aromatic heterocycles. The van der Waals surface area contributed by atoms with Crippen molar-refractivity contribution in [2.75, 3.05) is 19.6 Å². The first-order chi connectivity index (χ1) is 9.49. The summed E-state index contributed by atoms with van der Waals surface area (Å²) in [7, 11) is 0. The topological polar surface area (TPSA) is 41.1 Å². The summed E-state index contributed by atoms with van der Waals surface area (Å²) in [6.45, 7) is 6.69. The molecule has 3 nitrogen and oxygen atoms in total. The van der Waals surface area contributed by atoms with E-state index in [0.29, 0.717) is 6.54 Å². The lowest BCUT2D eigenvalue weighted by Gasteiger charge is -2.28. The van der Waals surface area contributed by atoms with Crippen molar-refractivity contribution in [3.05, 3.63) is 34.9 Å². The molecule has 1 fully saturated rings. The Hall–Kier alpha value is -1.06. The predicted molar refractivity (Wildman–Crippen MR) is 83.1 cm³/mol. The zero-order valence-corrected chi connectivity index (χ0v) is 13.0. The lowest BCUT2D eigenvalue weighted by molar-refractivity contribution is -0.125. The van der Waals surface area contributed by atoms with Crippen LogP contribution in [0, 0.1) is 5.92 Å². The summed E-state index contributed by atoms with van der Waals surface area (Å²) in [5.74, 6) is 0.270. The number of piperidine rings is 1. The summed E-state index contributed by atoms with van der Waals surface area (Å²) in [4.78, 5) is 12.2. The van der Waals surface area contributed by atoms with Gasteiger partial charge in [-0.1, -0.05) is 37.6 Å². The number of amides is 1. The van der Waals surface area contributed by atoms with E-state index in [1.54, 1.807) is 0 Å². The van der Waals surface area contributed by atoms with E-state index in [9.17, 15) is 4.79 Å². The Morgan fingerprint density at radius 1 is 1.50 bits per heavy atom.